The summed E-state index contributed by atoms with van der Waals surface area (Å²) in [5.74, 6) is 0.0128. The van der Waals surface area contributed by atoms with Crippen LogP contribution in [0.4, 0.5) is 19.2 Å². The highest BCUT2D eigenvalue weighted by Crippen LogP contribution is 2.30. The molecule has 9 heteroatoms. The van der Waals surface area contributed by atoms with E-state index in [0.29, 0.717) is 11.3 Å². The Morgan fingerprint density at radius 1 is 1.15 bits per heavy atom. The maximum atomic E-state index is 12.6. The van der Waals surface area contributed by atoms with Gasteiger partial charge >= 0.3 is 12.2 Å². The number of nitrogens with zero attached hydrogens (tertiary/aromatic N) is 2. The average Bonchev–Trinajstić information content (AvgIpc) is 3.08. The Morgan fingerprint density at radius 2 is 1.89 bits per heavy atom. The van der Waals surface area contributed by atoms with Crippen molar-refractivity contribution in [1.82, 2.24) is 10.2 Å². The Kier molecular flexibility index (Phi) is 5.11. The van der Waals surface area contributed by atoms with E-state index < -0.39 is 17.6 Å². The second kappa shape index (κ2) is 7.48. The van der Waals surface area contributed by atoms with Crippen molar-refractivity contribution >= 4 is 11.9 Å². The van der Waals surface area contributed by atoms with Crippen LogP contribution in [0.5, 0.6) is 5.75 Å². The van der Waals surface area contributed by atoms with E-state index in [1.807, 2.05) is 13.0 Å². The number of halogens is 3. The largest absolute Gasteiger partial charge is 0.484 e. The van der Waals surface area contributed by atoms with E-state index in [0.717, 1.165) is 17.7 Å². The van der Waals surface area contributed by atoms with Crippen molar-refractivity contribution < 1.29 is 27.1 Å². The first-order valence-electron chi connectivity index (χ1n) is 7.82. The van der Waals surface area contributed by atoms with Crippen molar-refractivity contribution in [3.63, 3.8) is 0 Å². The fraction of sp³-hybridized carbons (Fsp3) is 0.167. The maximum absolute atomic E-state index is 12.6. The molecule has 0 aliphatic carbocycles. The van der Waals surface area contributed by atoms with Gasteiger partial charge in [-0.2, -0.15) is 13.2 Å². The zero-order chi connectivity index (χ0) is 19.4. The van der Waals surface area contributed by atoms with Gasteiger partial charge in [-0.05, 0) is 48.9 Å². The second-order valence-corrected chi connectivity index (χ2v) is 5.64. The molecule has 1 N–H and O–H groups in total. The fourth-order valence-corrected chi connectivity index (χ4v) is 2.20. The van der Waals surface area contributed by atoms with Gasteiger partial charge in [-0.3, -0.25) is 10.1 Å². The molecular formula is C18H14F3N3O3. The zero-order valence-electron chi connectivity index (χ0n) is 14.1. The number of hydrogen-bond donors (Lipinski definition) is 1. The van der Waals surface area contributed by atoms with E-state index in [-0.39, 0.29) is 18.5 Å². The first-order chi connectivity index (χ1) is 12.8. The first kappa shape index (κ1) is 18.4. The minimum atomic E-state index is -4.43. The molecule has 2 aromatic carbocycles. The highest BCUT2D eigenvalue weighted by molar-refractivity contribution is 5.89. The zero-order valence-corrected chi connectivity index (χ0v) is 14.1. The lowest BCUT2D eigenvalue weighted by Crippen LogP contribution is -2.20. The number of rotatable bonds is 5. The van der Waals surface area contributed by atoms with E-state index in [9.17, 15) is 18.0 Å². The number of benzene rings is 2. The van der Waals surface area contributed by atoms with Crippen molar-refractivity contribution in [3.05, 3.63) is 59.7 Å². The normalized spacial score (nSPS) is 11.3. The third-order valence-corrected chi connectivity index (χ3v) is 3.49. The lowest BCUT2D eigenvalue weighted by Gasteiger charge is -2.06. The van der Waals surface area contributed by atoms with Crippen molar-refractivity contribution in [3.8, 4) is 17.2 Å². The standard InChI is InChI=1S/C18H14F3N3O3/c1-11-3-2-4-14(9-11)26-10-15(25)22-17-24-23-16(27-17)12-5-7-13(8-6-12)18(19,20)21/h2-9H,10H2,1H3,(H,22,24,25). The third kappa shape index (κ3) is 4.84. The highest BCUT2D eigenvalue weighted by atomic mass is 19.4. The number of hydrogen-bond acceptors (Lipinski definition) is 5. The van der Waals surface area contributed by atoms with Gasteiger partial charge in [-0.25, -0.2) is 0 Å². The van der Waals surface area contributed by atoms with Crippen molar-refractivity contribution in [2.45, 2.75) is 13.1 Å². The van der Waals surface area contributed by atoms with Gasteiger partial charge in [0.05, 0.1) is 5.56 Å². The number of ether oxygens (including phenoxy) is 1. The molecule has 1 heterocycles. The molecule has 1 amide bonds. The first-order valence-corrected chi connectivity index (χ1v) is 7.82. The average molecular weight is 377 g/mol. The molecule has 0 fully saturated rings. The lowest BCUT2D eigenvalue weighted by molar-refractivity contribution is -0.137. The monoisotopic (exact) mass is 377 g/mol. The molecule has 27 heavy (non-hydrogen) atoms. The molecule has 0 saturated heterocycles. The Hall–Kier alpha value is -3.36. The Labute approximate surface area is 152 Å². The van der Waals surface area contributed by atoms with Gasteiger partial charge in [-0.1, -0.05) is 17.2 Å². The molecule has 140 valence electrons. The maximum Gasteiger partial charge on any atom is 0.416 e. The predicted molar refractivity (Wildman–Crippen MR) is 90.0 cm³/mol. The SMILES string of the molecule is Cc1cccc(OCC(=O)Nc2nnc(-c3ccc(C(F)(F)F)cc3)o2)c1. The molecule has 0 bridgehead atoms. The van der Waals surface area contributed by atoms with Crippen LogP contribution < -0.4 is 10.1 Å². The minimum absolute atomic E-state index is 0.0152. The summed E-state index contributed by atoms with van der Waals surface area (Å²) in [5, 5.41) is 9.72. The number of carbonyl (C=O) groups is 1. The second-order valence-electron chi connectivity index (χ2n) is 5.64. The molecular weight excluding hydrogens is 363 g/mol. The molecule has 6 nitrogen and oxygen atoms in total. The van der Waals surface area contributed by atoms with Crippen molar-refractivity contribution in [1.29, 1.82) is 0 Å². The van der Waals surface area contributed by atoms with Gasteiger partial charge in [0.1, 0.15) is 5.75 Å². The summed E-state index contributed by atoms with van der Waals surface area (Å²) in [6, 6.07) is 11.3. The van der Waals surface area contributed by atoms with Crippen LogP contribution >= 0.6 is 0 Å². The Morgan fingerprint density at radius 3 is 2.56 bits per heavy atom. The van der Waals surface area contributed by atoms with E-state index in [1.165, 1.54) is 12.1 Å². The number of alkyl halides is 3. The van der Waals surface area contributed by atoms with Crippen LogP contribution in [0.1, 0.15) is 11.1 Å². The van der Waals surface area contributed by atoms with E-state index in [1.54, 1.807) is 18.2 Å². The van der Waals surface area contributed by atoms with Crippen molar-refractivity contribution in [2.75, 3.05) is 11.9 Å². The van der Waals surface area contributed by atoms with E-state index in [2.05, 4.69) is 15.5 Å². The summed E-state index contributed by atoms with van der Waals surface area (Å²) >= 11 is 0. The summed E-state index contributed by atoms with van der Waals surface area (Å²) in [5.41, 5.74) is 0.505. The van der Waals surface area contributed by atoms with Crippen LogP contribution in [-0.2, 0) is 11.0 Å². The number of aryl methyl sites for hydroxylation is 1. The van der Waals surface area contributed by atoms with Gasteiger partial charge in [-0.15, -0.1) is 5.10 Å². The number of anilines is 1. The van der Waals surface area contributed by atoms with Crippen LogP contribution in [0.2, 0.25) is 0 Å². The summed E-state index contributed by atoms with van der Waals surface area (Å²) in [6.07, 6.45) is -4.43. The summed E-state index contributed by atoms with van der Waals surface area (Å²) in [4.78, 5) is 11.9. The van der Waals surface area contributed by atoms with Gasteiger partial charge in [0, 0.05) is 5.56 Å². The Balaban J connectivity index is 1.59. The summed E-state index contributed by atoms with van der Waals surface area (Å²) in [6.45, 7) is 1.63. The van der Waals surface area contributed by atoms with Crippen LogP contribution in [0.3, 0.4) is 0 Å². The molecule has 0 radical (unpaired) electrons. The topological polar surface area (TPSA) is 77.2 Å². The van der Waals surface area contributed by atoms with Gasteiger partial charge < -0.3 is 9.15 Å². The minimum Gasteiger partial charge on any atom is -0.484 e. The van der Waals surface area contributed by atoms with Gasteiger partial charge in [0.25, 0.3) is 5.91 Å². The molecule has 0 aliphatic heterocycles. The summed E-state index contributed by atoms with van der Waals surface area (Å²) < 4.78 is 48.3. The fourth-order valence-electron chi connectivity index (χ4n) is 2.20. The van der Waals surface area contributed by atoms with Crippen LogP contribution in [-0.4, -0.2) is 22.7 Å². The number of nitrogens with one attached hydrogen (secondary N) is 1. The third-order valence-electron chi connectivity index (χ3n) is 3.49. The molecule has 3 rings (SSSR count). The van der Waals surface area contributed by atoms with Gasteiger partial charge in [0.15, 0.2) is 6.61 Å². The van der Waals surface area contributed by atoms with Crippen molar-refractivity contribution in [2.24, 2.45) is 0 Å². The van der Waals surface area contributed by atoms with Gasteiger partial charge in [0.2, 0.25) is 5.89 Å². The van der Waals surface area contributed by atoms with E-state index in [4.69, 9.17) is 9.15 Å². The lowest BCUT2D eigenvalue weighted by atomic mass is 10.1. The summed E-state index contributed by atoms with van der Waals surface area (Å²) in [7, 11) is 0. The molecule has 0 saturated carbocycles. The molecule has 0 spiro atoms. The molecule has 0 atom stereocenters. The quantitative estimate of drug-likeness (QED) is 0.725. The van der Waals surface area contributed by atoms with Crippen LogP contribution in [0, 0.1) is 6.92 Å². The molecule has 1 aromatic heterocycles. The number of amides is 1. The molecule has 0 unspecified atom stereocenters. The number of aromatic nitrogens is 2. The smallest absolute Gasteiger partial charge is 0.416 e. The van der Waals surface area contributed by atoms with E-state index >= 15 is 0 Å². The van der Waals surface area contributed by atoms with Crippen LogP contribution in [0.25, 0.3) is 11.5 Å². The van der Waals surface area contributed by atoms with Crippen LogP contribution in [0.15, 0.2) is 52.9 Å². The highest BCUT2D eigenvalue weighted by Gasteiger charge is 2.30. The molecule has 3 aromatic rings. The number of carbonyl (C=O) groups excluding carboxylic acids is 1. The Bertz CT molecular complexity index is 937. The molecule has 0 aliphatic rings. The predicted octanol–water partition coefficient (Wildman–Crippen LogP) is 4.08.